The summed E-state index contributed by atoms with van der Waals surface area (Å²) in [6.45, 7) is 2.80. The van der Waals surface area contributed by atoms with Crippen LogP contribution in [0.5, 0.6) is 0 Å². The largest absolute Gasteiger partial charge is 0.364 e. The molecule has 3 atom stereocenters. The molecule has 142 valence electrons. The molecule has 0 radical (unpaired) electrons. The van der Waals surface area contributed by atoms with Crippen molar-refractivity contribution in [2.45, 2.75) is 51.0 Å². The van der Waals surface area contributed by atoms with Crippen molar-refractivity contribution in [3.8, 4) is 0 Å². The smallest absolute Gasteiger partial charge is 0.259 e. The summed E-state index contributed by atoms with van der Waals surface area (Å²) >= 11 is 0. The number of hydrogen-bond donors (Lipinski definition) is 1. The Kier molecular flexibility index (Phi) is 4.89. The molecule has 0 aliphatic carbocycles. The van der Waals surface area contributed by atoms with Gasteiger partial charge in [0.1, 0.15) is 17.9 Å². The van der Waals surface area contributed by atoms with E-state index in [0.717, 1.165) is 18.4 Å². The molecule has 2 aliphatic rings. The summed E-state index contributed by atoms with van der Waals surface area (Å²) in [5.74, 6) is -0.193. The standard InChI is InChI=1S/C19H22N4O4/c1-12-14(11-26-22-12)19(25)23-8-6-16-15(23)4-5-17(27-16)18(24)21-10-13-3-2-7-20-9-13/h2-3,7,9,11,15-17H,4-6,8,10H2,1H3,(H,21,24)/t15-,16-,17-/m1/s1. The average Bonchev–Trinajstić information content (AvgIpc) is 3.32. The van der Waals surface area contributed by atoms with Gasteiger partial charge in [0.25, 0.3) is 5.91 Å². The van der Waals surface area contributed by atoms with Crippen molar-refractivity contribution < 1.29 is 18.8 Å². The van der Waals surface area contributed by atoms with E-state index in [1.165, 1.54) is 6.26 Å². The second kappa shape index (κ2) is 7.48. The van der Waals surface area contributed by atoms with Crippen LogP contribution >= 0.6 is 0 Å². The Bertz CT molecular complexity index is 822. The second-order valence-electron chi connectivity index (χ2n) is 6.99. The zero-order chi connectivity index (χ0) is 18.8. The molecule has 4 rings (SSSR count). The van der Waals surface area contributed by atoms with Crippen molar-refractivity contribution in [2.24, 2.45) is 0 Å². The highest BCUT2D eigenvalue weighted by Gasteiger charge is 2.44. The molecule has 8 heteroatoms. The summed E-state index contributed by atoms with van der Waals surface area (Å²) in [6, 6.07) is 3.75. The van der Waals surface area contributed by atoms with Gasteiger partial charge in [0.15, 0.2) is 0 Å². The maximum absolute atomic E-state index is 12.7. The maximum Gasteiger partial charge on any atom is 0.259 e. The lowest BCUT2D eigenvalue weighted by Gasteiger charge is -2.35. The number of nitrogens with one attached hydrogen (secondary N) is 1. The Balaban J connectivity index is 1.34. The van der Waals surface area contributed by atoms with E-state index in [4.69, 9.17) is 9.26 Å². The molecule has 0 spiro atoms. The number of nitrogens with zero attached hydrogens (tertiary/aromatic N) is 3. The normalized spacial score (nSPS) is 24.5. The average molecular weight is 370 g/mol. The number of aromatic nitrogens is 2. The summed E-state index contributed by atoms with van der Waals surface area (Å²) in [4.78, 5) is 31.1. The minimum atomic E-state index is -0.477. The highest BCUT2D eigenvalue weighted by Crippen LogP contribution is 2.32. The molecule has 0 bridgehead atoms. The Morgan fingerprint density at radius 1 is 1.33 bits per heavy atom. The summed E-state index contributed by atoms with van der Waals surface area (Å²) in [5, 5.41) is 6.69. The molecule has 2 fully saturated rings. The first-order valence-corrected chi connectivity index (χ1v) is 9.17. The zero-order valence-electron chi connectivity index (χ0n) is 15.1. The van der Waals surface area contributed by atoms with Crippen LogP contribution in [0.3, 0.4) is 0 Å². The Morgan fingerprint density at radius 2 is 2.22 bits per heavy atom. The van der Waals surface area contributed by atoms with Crippen molar-refractivity contribution in [3.05, 3.63) is 47.6 Å². The third-order valence-corrected chi connectivity index (χ3v) is 5.27. The number of hydrogen-bond acceptors (Lipinski definition) is 6. The Labute approximate surface area is 156 Å². The first-order valence-electron chi connectivity index (χ1n) is 9.17. The molecule has 2 aliphatic heterocycles. The predicted molar refractivity (Wildman–Crippen MR) is 94.7 cm³/mol. The van der Waals surface area contributed by atoms with Crippen LogP contribution in [-0.2, 0) is 16.1 Å². The molecule has 1 N–H and O–H groups in total. The van der Waals surface area contributed by atoms with Crippen molar-refractivity contribution >= 4 is 11.8 Å². The van der Waals surface area contributed by atoms with Gasteiger partial charge in [-0.25, -0.2) is 0 Å². The van der Waals surface area contributed by atoms with Crippen LogP contribution in [0.15, 0.2) is 35.3 Å². The van der Waals surface area contributed by atoms with E-state index in [2.05, 4.69) is 15.5 Å². The van der Waals surface area contributed by atoms with Crippen LogP contribution in [0.4, 0.5) is 0 Å². The topological polar surface area (TPSA) is 97.6 Å². The lowest BCUT2D eigenvalue weighted by atomic mass is 9.98. The number of pyridine rings is 1. The first kappa shape index (κ1) is 17.7. The predicted octanol–water partition coefficient (Wildman–Crippen LogP) is 1.46. The molecule has 2 amide bonds. The molecule has 2 aromatic rings. The van der Waals surface area contributed by atoms with Crippen molar-refractivity contribution in [2.75, 3.05) is 6.54 Å². The van der Waals surface area contributed by atoms with E-state index < -0.39 is 6.10 Å². The molecule has 4 heterocycles. The number of fused-ring (bicyclic) bond motifs is 1. The summed E-state index contributed by atoms with van der Waals surface area (Å²) < 4.78 is 10.9. The summed E-state index contributed by atoms with van der Waals surface area (Å²) in [5.41, 5.74) is 2.03. The number of aryl methyl sites for hydroxylation is 1. The molecule has 8 nitrogen and oxygen atoms in total. The number of amides is 2. The van der Waals surface area contributed by atoms with E-state index in [-0.39, 0.29) is 24.0 Å². The molecular weight excluding hydrogens is 348 g/mol. The van der Waals surface area contributed by atoms with Gasteiger partial charge in [0, 0.05) is 25.5 Å². The molecule has 0 aromatic carbocycles. The minimum absolute atomic E-state index is 0.00540. The van der Waals surface area contributed by atoms with Crippen LogP contribution in [0.25, 0.3) is 0 Å². The first-order chi connectivity index (χ1) is 13.1. The van der Waals surface area contributed by atoms with Gasteiger partial charge in [-0.3, -0.25) is 14.6 Å². The van der Waals surface area contributed by atoms with Crippen LogP contribution in [-0.4, -0.2) is 51.6 Å². The highest BCUT2D eigenvalue weighted by atomic mass is 16.5. The lowest BCUT2D eigenvalue weighted by molar-refractivity contribution is -0.143. The molecular formula is C19H22N4O4. The summed E-state index contributed by atoms with van der Waals surface area (Å²) in [6.07, 6.45) is 6.29. The van der Waals surface area contributed by atoms with Gasteiger partial charge in [-0.15, -0.1) is 0 Å². The van der Waals surface area contributed by atoms with Gasteiger partial charge in [-0.05, 0) is 37.8 Å². The third-order valence-electron chi connectivity index (χ3n) is 5.27. The fourth-order valence-corrected chi connectivity index (χ4v) is 3.83. The third kappa shape index (κ3) is 3.57. The zero-order valence-corrected chi connectivity index (χ0v) is 15.1. The highest BCUT2D eigenvalue weighted by molar-refractivity contribution is 5.95. The molecule has 2 saturated heterocycles. The van der Waals surface area contributed by atoms with E-state index in [1.807, 2.05) is 17.0 Å². The van der Waals surface area contributed by atoms with Gasteiger partial charge in [0.2, 0.25) is 5.91 Å². The number of ether oxygens (including phenoxy) is 1. The van der Waals surface area contributed by atoms with Crippen molar-refractivity contribution in [3.63, 3.8) is 0 Å². The lowest BCUT2D eigenvalue weighted by Crippen LogP contribution is -2.49. The van der Waals surface area contributed by atoms with Gasteiger partial charge < -0.3 is 19.5 Å². The molecule has 0 saturated carbocycles. The Hall–Kier alpha value is -2.74. The SMILES string of the molecule is Cc1nocc1C(=O)N1CC[C@H]2O[C@@H](C(=O)NCc3cccnc3)CC[C@H]21. The van der Waals surface area contributed by atoms with Gasteiger partial charge >= 0.3 is 0 Å². The van der Waals surface area contributed by atoms with Gasteiger partial charge in [0.05, 0.1) is 17.8 Å². The fraction of sp³-hybridized carbons (Fsp3) is 0.474. The van der Waals surface area contributed by atoms with Crippen molar-refractivity contribution in [1.29, 1.82) is 0 Å². The number of likely N-dealkylation sites (tertiary alicyclic amines) is 1. The fourth-order valence-electron chi connectivity index (χ4n) is 3.83. The quantitative estimate of drug-likeness (QED) is 0.875. The molecule has 0 unspecified atom stereocenters. The van der Waals surface area contributed by atoms with E-state index in [0.29, 0.717) is 30.8 Å². The van der Waals surface area contributed by atoms with Crippen LogP contribution in [0.1, 0.15) is 40.9 Å². The maximum atomic E-state index is 12.7. The molecule has 2 aromatic heterocycles. The van der Waals surface area contributed by atoms with E-state index in [1.54, 1.807) is 19.3 Å². The van der Waals surface area contributed by atoms with E-state index in [9.17, 15) is 9.59 Å². The minimum Gasteiger partial charge on any atom is -0.364 e. The second-order valence-corrected chi connectivity index (χ2v) is 6.99. The van der Waals surface area contributed by atoms with E-state index >= 15 is 0 Å². The summed E-state index contributed by atoms with van der Waals surface area (Å²) in [7, 11) is 0. The van der Waals surface area contributed by atoms with Gasteiger partial charge in [-0.2, -0.15) is 0 Å². The number of carbonyl (C=O) groups excluding carboxylic acids is 2. The van der Waals surface area contributed by atoms with Crippen molar-refractivity contribution in [1.82, 2.24) is 20.4 Å². The van der Waals surface area contributed by atoms with Crippen LogP contribution in [0, 0.1) is 6.92 Å². The number of carbonyl (C=O) groups is 2. The monoisotopic (exact) mass is 370 g/mol. The van der Waals surface area contributed by atoms with Gasteiger partial charge in [-0.1, -0.05) is 11.2 Å². The molecule has 27 heavy (non-hydrogen) atoms. The Morgan fingerprint density at radius 3 is 2.96 bits per heavy atom. The van der Waals surface area contributed by atoms with Crippen LogP contribution in [0.2, 0.25) is 0 Å². The van der Waals surface area contributed by atoms with Crippen LogP contribution < -0.4 is 5.32 Å². The number of rotatable bonds is 4.